The Bertz CT molecular complexity index is 639. The Kier molecular flexibility index (Phi) is 5.96. The molecule has 1 atom stereocenters. The van der Waals surface area contributed by atoms with E-state index in [9.17, 15) is 4.79 Å². The molecule has 8 heteroatoms. The molecule has 0 saturated heterocycles. The molecule has 2 heterocycles. The van der Waals surface area contributed by atoms with Crippen molar-refractivity contribution >= 4 is 29.1 Å². The van der Waals surface area contributed by atoms with E-state index in [1.165, 1.54) is 23.1 Å². The van der Waals surface area contributed by atoms with Gasteiger partial charge in [-0.1, -0.05) is 25.1 Å². The summed E-state index contributed by atoms with van der Waals surface area (Å²) in [6, 6.07) is 0. The summed E-state index contributed by atoms with van der Waals surface area (Å²) < 4.78 is 10.8. The zero-order chi connectivity index (χ0) is 16.1. The van der Waals surface area contributed by atoms with E-state index in [1.54, 1.807) is 6.92 Å². The number of thiazole rings is 1. The molecule has 2 rings (SSSR count). The first-order valence-electron chi connectivity index (χ1n) is 7.16. The molecule has 2 aromatic rings. The second-order valence-corrected chi connectivity index (χ2v) is 7.02. The summed E-state index contributed by atoms with van der Waals surface area (Å²) >= 11 is 2.78. The van der Waals surface area contributed by atoms with E-state index in [1.807, 2.05) is 20.8 Å². The number of nitrogens with zero attached hydrogens (tertiary/aromatic N) is 3. The molecule has 0 aliphatic heterocycles. The Morgan fingerprint density at radius 2 is 2.14 bits per heavy atom. The van der Waals surface area contributed by atoms with Crippen molar-refractivity contribution in [3.63, 3.8) is 0 Å². The van der Waals surface area contributed by atoms with Gasteiger partial charge in [-0.15, -0.1) is 21.5 Å². The summed E-state index contributed by atoms with van der Waals surface area (Å²) in [6.45, 7) is 8.04. The molecule has 1 unspecified atom stereocenters. The molecule has 6 nitrogen and oxygen atoms in total. The van der Waals surface area contributed by atoms with Gasteiger partial charge in [0.25, 0.3) is 11.1 Å². The lowest BCUT2D eigenvalue weighted by molar-refractivity contribution is -0.142. The van der Waals surface area contributed by atoms with Crippen molar-refractivity contribution in [1.29, 1.82) is 0 Å². The fourth-order valence-corrected chi connectivity index (χ4v) is 3.74. The Labute approximate surface area is 137 Å². The van der Waals surface area contributed by atoms with Crippen LogP contribution in [0.5, 0.6) is 0 Å². The average molecular weight is 341 g/mol. The number of carbonyl (C=O) groups is 1. The van der Waals surface area contributed by atoms with Crippen molar-refractivity contribution in [3.05, 3.63) is 10.7 Å². The van der Waals surface area contributed by atoms with Gasteiger partial charge in [-0.25, -0.2) is 4.98 Å². The highest BCUT2D eigenvalue weighted by Gasteiger charge is 2.24. The van der Waals surface area contributed by atoms with E-state index in [0.717, 1.165) is 22.0 Å². The summed E-state index contributed by atoms with van der Waals surface area (Å²) in [4.78, 5) is 17.2. The lowest BCUT2D eigenvalue weighted by Crippen LogP contribution is -2.20. The monoisotopic (exact) mass is 341 g/mol. The number of hydrogen-bond acceptors (Lipinski definition) is 8. The fraction of sp³-hybridized carbons (Fsp3) is 0.571. The topological polar surface area (TPSA) is 78.1 Å². The number of esters is 1. The van der Waals surface area contributed by atoms with Gasteiger partial charge in [0.1, 0.15) is 10.1 Å². The van der Waals surface area contributed by atoms with Gasteiger partial charge in [-0.3, -0.25) is 4.79 Å². The zero-order valence-electron chi connectivity index (χ0n) is 13.1. The fourth-order valence-electron chi connectivity index (χ4n) is 1.92. The minimum absolute atomic E-state index is 0.237. The van der Waals surface area contributed by atoms with Gasteiger partial charge in [0.15, 0.2) is 0 Å². The Hall–Kier alpha value is -1.41. The number of thioether (sulfide) groups is 1. The highest BCUT2D eigenvalue weighted by molar-refractivity contribution is 8.00. The SMILES string of the molecule is CCCC(Sc1nnc(-c2sc(C)nc2C)o1)C(=O)OCC. The van der Waals surface area contributed by atoms with Crippen LogP contribution in [0.2, 0.25) is 0 Å². The molecular weight excluding hydrogens is 322 g/mol. The molecule has 0 saturated carbocycles. The Morgan fingerprint density at radius 1 is 1.36 bits per heavy atom. The highest BCUT2D eigenvalue weighted by atomic mass is 32.2. The molecule has 0 spiro atoms. The van der Waals surface area contributed by atoms with Crippen LogP contribution in [0.1, 0.15) is 37.4 Å². The third-order valence-electron chi connectivity index (χ3n) is 2.85. The van der Waals surface area contributed by atoms with E-state index >= 15 is 0 Å². The summed E-state index contributed by atoms with van der Waals surface area (Å²) in [5.74, 6) is 0.212. The van der Waals surface area contributed by atoms with Crippen LogP contribution in [0.3, 0.4) is 0 Å². The van der Waals surface area contributed by atoms with Crippen molar-refractivity contribution < 1.29 is 13.9 Å². The number of carbonyl (C=O) groups excluding carboxylic acids is 1. The largest absolute Gasteiger partial charge is 0.465 e. The molecule has 0 aliphatic rings. The van der Waals surface area contributed by atoms with Crippen LogP contribution in [-0.2, 0) is 9.53 Å². The van der Waals surface area contributed by atoms with Crippen molar-refractivity contribution in [2.45, 2.75) is 51.0 Å². The van der Waals surface area contributed by atoms with Crippen molar-refractivity contribution in [3.8, 4) is 10.8 Å². The normalized spacial score (nSPS) is 12.4. The third-order valence-corrected chi connectivity index (χ3v) is 4.99. The molecular formula is C14H19N3O3S2. The van der Waals surface area contributed by atoms with Gasteiger partial charge < -0.3 is 9.15 Å². The summed E-state index contributed by atoms with van der Waals surface area (Å²) in [7, 11) is 0. The summed E-state index contributed by atoms with van der Waals surface area (Å²) in [5, 5.41) is 9.10. The molecule has 0 aromatic carbocycles. The zero-order valence-corrected chi connectivity index (χ0v) is 14.7. The van der Waals surface area contributed by atoms with Gasteiger partial charge in [-0.05, 0) is 27.2 Å². The Morgan fingerprint density at radius 3 is 2.73 bits per heavy atom. The van der Waals surface area contributed by atoms with E-state index in [4.69, 9.17) is 9.15 Å². The van der Waals surface area contributed by atoms with Crippen LogP contribution in [0.25, 0.3) is 10.8 Å². The molecule has 0 bridgehead atoms. The number of hydrogen-bond donors (Lipinski definition) is 0. The molecule has 0 fully saturated rings. The van der Waals surface area contributed by atoms with E-state index in [0.29, 0.717) is 24.1 Å². The van der Waals surface area contributed by atoms with E-state index < -0.39 is 0 Å². The van der Waals surface area contributed by atoms with E-state index in [2.05, 4.69) is 15.2 Å². The van der Waals surface area contributed by atoms with Crippen molar-refractivity contribution in [1.82, 2.24) is 15.2 Å². The minimum atomic E-state index is -0.317. The molecule has 0 N–H and O–H groups in total. The van der Waals surface area contributed by atoms with Gasteiger partial charge in [0.2, 0.25) is 0 Å². The maximum Gasteiger partial charge on any atom is 0.319 e. The van der Waals surface area contributed by atoms with Crippen LogP contribution >= 0.6 is 23.1 Å². The maximum absolute atomic E-state index is 11.9. The van der Waals surface area contributed by atoms with Crippen LogP contribution in [-0.4, -0.2) is 33.0 Å². The predicted octanol–water partition coefficient (Wildman–Crippen LogP) is 3.63. The van der Waals surface area contributed by atoms with Crippen LogP contribution in [0, 0.1) is 13.8 Å². The van der Waals surface area contributed by atoms with Crippen LogP contribution < -0.4 is 0 Å². The second kappa shape index (κ2) is 7.73. The van der Waals surface area contributed by atoms with Gasteiger partial charge in [-0.2, -0.15) is 0 Å². The third kappa shape index (κ3) is 4.07. The summed E-state index contributed by atoms with van der Waals surface area (Å²) in [6.07, 6.45) is 1.59. The molecule has 0 aliphatic carbocycles. The average Bonchev–Trinajstić information content (AvgIpc) is 3.05. The lowest BCUT2D eigenvalue weighted by Gasteiger charge is -2.11. The lowest BCUT2D eigenvalue weighted by atomic mass is 10.2. The van der Waals surface area contributed by atoms with Gasteiger partial charge >= 0.3 is 5.97 Å². The molecule has 0 amide bonds. The van der Waals surface area contributed by atoms with Gasteiger partial charge in [0.05, 0.1) is 17.3 Å². The number of ether oxygens (including phenoxy) is 1. The standard InChI is InChI=1S/C14H19N3O3S2/c1-5-7-10(13(18)19-6-2)22-14-17-16-12(20-14)11-8(3)15-9(4)21-11/h10H,5-7H2,1-4H3. The van der Waals surface area contributed by atoms with Crippen molar-refractivity contribution in [2.75, 3.05) is 6.61 Å². The second-order valence-electron chi connectivity index (χ2n) is 4.67. The van der Waals surface area contributed by atoms with Crippen LogP contribution in [0.15, 0.2) is 9.64 Å². The van der Waals surface area contributed by atoms with Crippen LogP contribution in [0.4, 0.5) is 0 Å². The maximum atomic E-state index is 11.9. The minimum Gasteiger partial charge on any atom is -0.465 e. The van der Waals surface area contributed by atoms with E-state index in [-0.39, 0.29) is 11.2 Å². The first-order valence-corrected chi connectivity index (χ1v) is 8.85. The number of aromatic nitrogens is 3. The number of aryl methyl sites for hydroxylation is 2. The molecule has 120 valence electrons. The first-order chi connectivity index (χ1) is 10.5. The first kappa shape index (κ1) is 17.0. The predicted molar refractivity (Wildman–Crippen MR) is 86.1 cm³/mol. The molecule has 0 radical (unpaired) electrons. The van der Waals surface area contributed by atoms with Gasteiger partial charge in [0, 0.05) is 0 Å². The quantitative estimate of drug-likeness (QED) is 0.562. The van der Waals surface area contributed by atoms with Crippen molar-refractivity contribution in [2.24, 2.45) is 0 Å². The molecule has 2 aromatic heterocycles. The smallest absolute Gasteiger partial charge is 0.319 e. The Balaban J connectivity index is 2.13. The highest BCUT2D eigenvalue weighted by Crippen LogP contribution is 2.32. The summed E-state index contributed by atoms with van der Waals surface area (Å²) in [5.41, 5.74) is 0.873. The number of rotatable bonds is 7. The molecule has 22 heavy (non-hydrogen) atoms.